The summed E-state index contributed by atoms with van der Waals surface area (Å²) in [5.41, 5.74) is 0.527. The van der Waals surface area contributed by atoms with Crippen LogP contribution in [-0.2, 0) is 0 Å². The zero-order valence-electron chi connectivity index (χ0n) is 8.95. The van der Waals surface area contributed by atoms with Crippen molar-refractivity contribution in [2.45, 2.75) is 19.1 Å². The van der Waals surface area contributed by atoms with Crippen molar-refractivity contribution in [2.24, 2.45) is 0 Å². The minimum atomic E-state index is -0.822. The molecule has 0 aliphatic heterocycles. The first kappa shape index (κ1) is 13.6. The average molecular weight is 292 g/mol. The van der Waals surface area contributed by atoms with E-state index in [1.165, 1.54) is 6.07 Å². The van der Waals surface area contributed by atoms with E-state index in [1.807, 2.05) is 0 Å². The number of nitrogens with one attached hydrogen (secondary N) is 1. The molecule has 0 saturated heterocycles. The standard InChI is InChI=1S/C11H15BrFNO2/c1-7(14-5-9(16)6-15)10-4-8(12)2-3-11(10)13/h2-4,7,9,14-16H,5-6H2,1H3. The molecule has 0 aliphatic rings. The van der Waals surface area contributed by atoms with E-state index in [9.17, 15) is 4.39 Å². The molecule has 0 amide bonds. The fourth-order valence-electron chi connectivity index (χ4n) is 1.33. The molecular weight excluding hydrogens is 277 g/mol. The number of hydrogen-bond acceptors (Lipinski definition) is 3. The van der Waals surface area contributed by atoms with E-state index < -0.39 is 6.10 Å². The molecule has 0 radical (unpaired) electrons. The highest BCUT2D eigenvalue weighted by molar-refractivity contribution is 9.10. The van der Waals surface area contributed by atoms with Gasteiger partial charge in [0.2, 0.25) is 0 Å². The molecular formula is C11H15BrFNO2. The zero-order valence-corrected chi connectivity index (χ0v) is 10.5. The summed E-state index contributed by atoms with van der Waals surface area (Å²) in [5.74, 6) is -0.290. The Balaban J connectivity index is 2.65. The van der Waals surface area contributed by atoms with E-state index in [1.54, 1.807) is 19.1 Å². The van der Waals surface area contributed by atoms with Crippen LogP contribution in [0.1, 0.15) is 18.5 Å². The van der Waals surface area contributed by atoms with Gasteiger partial charge in [-0.3, -0.25) is 0 Å². The van der Waals surface area contributed by atoms with Crippen LogP contribution in [0.2, 0.25) is 0 Å². The second kappa shape index (κ2) is 6.30. The lowest BCUT2D eigenvalue weighted by molar-refractivity contribution is 0.0923. The van der Waals surface area contributed by atoms with Crippen LogP contribution in [0.15, 0.2) is 22.7 Å². The highest BCUT2D eigenvalue weighted by Gasteiger charge is 2.12. The fourth-order valence-corrected chi connectivity index (χ4v) is 1.71. The smallest absolute Gasteiger partial charge is 0.128 e. The first-order valence-corrected chi connectivity index (χ1v) is 5.81. The summed E-state index contributed by atoms with van der Waals surface area (Å²) in [6.45, 7) is 1.72. The molecule has 2 unspecified atom stereocenters. The zero-order chi connectivity index (χ0) is 12.1. The molecule has 0 aromatic heterocycles. The van der Waals surface area contributed by atoms with Crippen molar-refractivity contribution < 1.29 is 14.6 Å². The average Bonchev–Trinajstić information content (AvgIpc) is 2.28. The van der Waals surface area contributed by atoms with Gasteiger partial charge in [0, 0.05) is 22.6 Å². The minimum Gasteiger partial charge on any atom is -0.394 e. The van der Waals surface area contributed by atoms with Crippen molar-refractivity contribution in [3.8, 4) is 0 Å². The number of halogens is 2. The van der Waals surface area contributed by atoms with Crippen molar-refractivity contribution >= 4 is 15.9 Å². The second-order valence-corrected chi connectivity index (χ2v) is 4.55. The Labute approximate surface area is 102 Å². The Morgan fingerprint density at radius 1 is 1.50 bits per heavy atom. The molecule has 1 rings (SSSR count). The Bertz CT molecular complexity index is 349. The summed E-state index contributed by atoms with van der Waals surface area (Å²) in [5, 5.41) is 20.8. The van der Waals surface area contributed by atoms with Crippen LogP contribution >= 0.6 is 15.9 Å². The Morgan fingerprint density at radius 2 is 2.19 bits per heavy atom. The Morgan fingerprint density at radius 3 is 2.81 bits per heavy atom. The minimum absolute atomic E-state index is 0.223. The maximum Gasteiger partial charge on any atom is 0.128 e. The third-order valence-electron chi connectivity index (χ3n) is 2.29. The van der Waals surface area contributed by atoms with Crippen LogP contribution in [0.3, 0.4) is 0 Å². The van der Waals surface area contributed by atoms with Crippen molar-refractivity contribution in [2.75, 3.05) is 13.2 Å². The SMILES string of the molecule is CC(NCC(O)CO)c1cc(Br)ccc1F. The molecule has 1 aromatic carbocycles. The molecule has 3 nitrogen and oxygen atoms in total. The van der Waals surface area contributed by atoms with E-state index >= 15 is 0 Å². The van der Waals surface area contributed by atoms with E-state index in [-0.39, 0.29) is 25.0 Å². The molecule has 0 aliphatic carbocycles. The van der Waals surface area contributed by atoms with Crippen LogP contribution < -0.4 is 5.32 Å². The molecule has 5 heteroatoms. The predicted molar refractivity (Wildman–Crippen MR) is 63.6 cm³/mol. The van der Waals surface area contributed by atoms with E-state index in [2.05, 4.69) is 21.2 Å². The summed E-state index contributed by atoms with van der Waals surface area (Å²) < 4.78 is 14.3. The quantitative estimate of drug-likeness (QED) is 0.772. The molecule has 16 heavy (non-hydrogen) atoms. The third-order valence-corrected chi connectivity index (χ3v) is 2.79. The lowest BCUT2D eigenvalue weighted by atomic mass is 10.1. The summed E-state index contributed by atoms with van der Waals surface area (Å²) >= 11 is 3.27. The largest absolute Gasteiger partial charge is 0.394 e. The Hall–Kier alpha value is -0.490. The van der Waals surface area contributed by atoms with Crippen LogP contribution in [0.4, 0.5) is 4.39 Å². The number of aliphatic hydroxyl groups is 2. The number of aliphatic hydroxyl groups excluding tert-OH is 2. The monoisotopic (exact) mass is 291 g/mol. The van der Waals surface area contributed by atoms with Gasteiger partial charge in [-0.05, 0) is 25.1 Å². The van der Waals surface area contributed by atoms with Gasteiger partial charge in [0.1, 0.15) is 5.82 Å². The molecule has 0 fully saturated rings. The maximum absolute atomic E-state index is 13.5. The molecule has 3 N–H and O–H groups in total. The van der Waals surface area contributed by atoms with E-state index in [4.69, 9.17) is 10.2 Å². The summed E-state index contributed by atoms with van der Waals surface area (Å²) in [4.78, 5) is 0. The molecule has 0 saturated carbocycles. The highest BCUT2D eigenvalue weighted by atomic mass is 79.9. The fraction of sp³-hybridized carbons (Fsp3) is 0.455. The molecule has 0 bridgehead atoms. The van der Waals surface area contributed by atoms with Crippen LogP contribution in [0.25, 0.3) is 0 Å². The molecule has 2 atom stereocenters. The number of hydrogen-bond donors (Lipinski definition) is 3. The Kier molecular flexibility index (Phi) is 5.34. The molecule has 90 valence electrons. The third kappa shape index (κ3) is 3.83. The van der Waals surface area contributed by atoms with Gasteiger partial charge in [0.25, 0.3) is 0 Å². The van der Waals surface area contributed by atoms with Crippen molar-refractivity contribution in [1.29, 1.82) is 0 Å². The second-order valence-electron chi connectivity index (χ2n) is 3.63. The lowest BCUT2D eigenvalue weighted by Gasteiger charge is -2.17. The van der Waals surface area contributed by atoms with Gasteiger partial charge in [0.05, 0.1) is 12.7 Å². The lowest BCUT2D eigenvalue weighted by Crippen LogP contribution is -2.31. The summed E-state index contributed by atoms with van der Waals surface area (Å²) in [6.07, 6.45) is -0.822. The molecule has 0 heterocycles. The molecule has 0 spiro atoms. The van der Waals surface area contributed by atoms with E-state index in [0.717, 1.165) is 4.47 Å². The van der Waals surface area contributed by atoms with Gasteiger partial charge in [0.15, 0.2) is 0 Å². The molecule has 1 aromatic rings. The predicted octanol–water partition coefficient (Wildman–Crippen LogP) is 1.59. The van der Waals surface area contributed by atoms with Crippen LogP contribution in [0, 0.1) is 5.82 Å². The van der Waals surface area contributed by atoms with Gasteiger partial charge in [-0.15, -0.1) is 0 Å². The van der Waals surface area contributed by atoms with Gasteiger partial charge in [-0.2, -0.15) is 0 Å². The summed E-state index contributed by atoms with van der Waals surface area (Å²) in [6, 6.07) is 4.49. The van der Waals surface area contributed by atoms with Crippen molar-refractivity contribution in [1.82, 2.24) is 5.32 Å². The number of benzene rings is 1. The first-order chi connectivity index (χ1) is 7.54. The first-order valence-electron chi connectivity index (χ1n) is 5.02. The van der Waals surface area contributed by atoms with Crippen molar-refractivity contribution in [3.05, 3.63) is 34.1 Å². The van der Waals surface area contributed by atoms with Crippen LogP contribution in [0.5, 0.6) is 0 Å². The van der Waals surface area contributed by atoms with Crippen LogP contribution in [-0.4, -0.2) is 29.5 Å². The van der Waals surface area contributed by atoms with Gasteiger partial charge >= 0.3 is 0 Å². The normalized spacial score (nSPS) is 14.8. The maximum atomic E-state index is 13.5. The van der Waals surface area contributed by atoms with Crippen molar-refractivity contribution in [3.63, 3.8) is 0 Å². The highest BCUT2D eigenvalue weighted by Crippen LogP contribution is 2.21. The van der Waals surface area contributed by atoms with Gasteiger partial charge in [-0.1, -0.05) is 15.9 Å². The van der Waals surface area contributed by atoms with Gasteiger partial charge in [-0.25, -0.2) is 4.39 Å². The summed E-state index contributed by atoms with van der Waals surface area (Å²) in [7, 11) is 0. The van der Waals surface area contributed by atoms with Gasteiger partial charge < -0.3 is 15.5 Å². The van der Waals surface area contributed by atoms with E-state index in [0.29, 0.717) is 5.56 Å². The topological polar surface area (TPSA) is 52.5 Å². The number of rotatable bonds is 5.